The van der Waals surface area contributed by atoms with Gasteiger partial charge in [0.2, 0.25) is 5.91 Å². The first-order valence-electron chi connectivity index (χ1n) is 33.6. The number of fused-ring (bicyclic) bond motifs is 5. The number of carbonyl (C=O) groups is 4. The molecule has 1 unspecified atom stereocenters. The van der Waals surface area contributed by atoms with Gasteiger partial charge in [0.1, 0.15) is 12.7 Å². The van der Waals surface area contributed by atoms with E-state index in [-0.39, 0.29) is 62.5 Å². The molecule has 0 aliphatic heterocycles. The number of nitrogens with one attached hydrogen (secondary N) is 2. The van der Waals surface area contributed by atoms with Gasteiger partial charge in [0.05, 0.1) is 13.2 Å². The average molecular weight is 1210 g/mol. The van der Waals surface area contributed by atoms with E-state index in [1.54, 1.807) is 10.8 Å². The highest BCUT2D eigenvalue weighted by molar-refractivity contribution is 8.76. The molecule has 82 heavy (non-hydrogen) atoms. The van der Waals surface area contributed by atoms with Crippen LogP contribution in [0.5, 0.6) is 0 Å². The third-order valence-corrected chi connectivity index (χ3v) is 22.7. The van der Waals surface area contributed by atoms with E-state index in [2.05, 4.69) is 65.2 Å². The van der Waals surface area contributed by atoms with E-state index in [0.29, 0.717) is 36.3 Å². The molecule has 0 aromatic rings. The fourth-order valence-electron chi connectivity index (χ4n) is 14.5. The lowest BCUT2D eigenvalue weighted by atomic mass is 9.47. The van der Waals surface area contributed by atoms with Gasteiger partial charge in [-0.1, -0.05) is 229 Å². The first kappa shape index (κ1) is 72.7. The van der Waals surface area contributed by atoms with Gasteiger partial charge in [-0.3, -0.25) is 23.4 Å². The maximum atomic E-state index is 12.9. The lowest BCUT2D eigenvalue weighted by molar-refractivity contribution is -0.161. The van der Waals surface area contributed by atoms with Gasteiger partial charge in [-0.2, -0.15) is 0 Å². The average Bonchev–Trinajstić information content (AvgIpc) is 2.23. The first-order chi connectivity index (χ1) is 39.5. The van der Waals surface area contributed by atoms with Crippen LogP contribution in [0.2, 0.25) is 0 Å². The van der Waals surface area contributed by atoms with Crippen LogP contribution < -0.4 is 10.6 Å². The smallest absolute Gasteiger partial charge is 0.462 e. The lowest BCUT2D eigenvalue weighted by Gasteiger charge is -2.58. The Morgan fingerprint density at radius 3 is 1.88 bits per heavy atom. The summed E-state index contributed by atoms with van der Waals surface area (Å²) in [6, 6.07) is 0. The zero-order valence-corrected chi connectivity index (χ0v) is 55.4. The molecule has 10 atom stereocenters. The van der Waals surface area contributed by atoms with Gasteiger partial charge in [-0.15, -0.1) is 0 Å². The minimum Gasteiger partial charge on any atom is -0.462 e. The van der Waals surface area contributed by atoms with Crippen molar-refractivity contribution < 1.29 is 51.9 Å². The zero-order valence-electron chi connectivity index (χ0n) is 52.9. The molecule has 3 fully saturated rings. The molecule has 0 heterocycles. The number of ether oxygens (including phenoxy) is 3. The van der Waals surface area contributed by atoms with Crippen molar-refractivity contribution in [3.63, 3.8) is 0 Å². The molecule has 0 aromatic carbocycles. The monoisotopic (exact) mass is 1210 g/mol. The van der Waals surface area contributed by atoms with Crippen molar-refractivity contribution in [3.05, 3.63) is 11.6 Å². The normalized spacial score (nSPS) is 24.5. The Labute approximate surface area is 507 Å². The molecule has 0 bridgehead atoms. The number of allylic oxidation sites excluding steroid dienone is 1. The molecule has 476 valence electrons. The summed E-state index contributed by atoms with van der Waals surface area (Å²) in [5.74, 6) is 4.89. The SMILES string of the molecule is CCCCCCCCCCCCCC(=O)OC[C@H](COP(=O)(O)OCCNC(=O)CCSSCCNC(=O)O[C@H]1CC[C@@]2(C)C(=CC[C@H]3[C@@H]4CC[C@H]([C@H](C)CCCC(C)C)[C@@]4(C)CC[C@@H]32)C1)OC(=O)CCCCCCCCCCCCC. The summed E-state index contributed by atoms with van der Waals surface area (Å²) in [6.07, 6.45) is 40.8. The number of rotatable bonds is 47. The maximum Gasteiger partial charge on any atom is 0.472 e. The molecular weight excluding hydrogens is 1090 g/mol. The number of hydrogen-bond donors (Lipinski definition) is 3. The van der Waals surface area contributed by atoms with E-state index >= 15 is 0 Å². The second kappa shape index (κ2) is 41.4. The van der Waals surface area contributed by atoms with Crippen molar-refractivity contribution in [2.45, 2.75) is 292 Å². The highest BCUT2D eigenvalue weighted by Crippen LogP contribution is 2.67. The number of unbranched alkanes of at least 4 members (excludes halogenated alkanes) is 20. The summed E-state index contributed by atoms with van der Waals surface area (Å²) < 4.78 is 40.2. The minimum absolute atomic E-state index is 0.0121. The van der Waals surface area contributed by atoms with Gasteiger partial charge >= 0.3 is 25.9 Å². The number of esters is 2. The molecule has 0 spiro atoms. The Kier molecular flexibility index (Phi) is 36.7. The second-order valence-electron chi connectivity index (χ2n) is 26.2. The molecule has 2 amide bonds. The largest absolute Gasteiger partial charge is 0.472 e. The molecule has 0 saturated heterocycles. The van der Waals surface area contributed by atoms with E-state index in [1.165, 1.54) is 158 Å². The molecule has 16 heteroatoms. The highest BCUT2D eigenvalue weighted by Gasteiger charge is 2.59. The third-order valence-electron chi connectivity index (χ3n) is 19.3. The van der Waals surface area contributed by atoms with Crippen LogP contribution in [0.1, 0.15) is 280 Å². The summed E-state index contributed by atoms with van der Waals surface area (Å²) in [7, 11) is -1.49. The van der Waals surface area contributed by atoms with Crippen LogP contribution in [-0.4, -0.2) is 85.5 Å². The topological polar surface area (TPSA) is 176 Å². The first-order valence-corrected chi connectivity index (χ1v) is 37.6. The summed E-state index contributed by atoms with van der Waals surface area (Å²) in [4.78, 5) is 61.4. The highest BCUT2D eigenvalue weighted by atomic mass is 33.1. The van der Waals surface area contributed by atoms with Gasteiger partial charge in [0.15, 0.2) is 6.10 Å². The standard InChI is InChI=1S/C66H119N2O11PS2/c1-8-10-12-14-16-18-20-22-24-26-28-33-62(70)75-50-56(78-63(71)34-29-27-25-23-21-19-17-15-13-11-9-2)51-77-80(73,74)76-46-44-67-61(69)41-47-81-82-48-45-68-64(72)79-55-39-42-65(6)54(49-55)35-36-57-59-38-37-58(53(5)32-30-31-52(3)4)66(59,7)43-40-60(57)65/h35,52-53,55-60H,8-34,36-51H2,1-7H3,(H,67,69)(H,68,72)(H,73,74)/t53-,55+,56-,57+,58-,59+,60+,65+,66-/m1/s1. The van der Waals surface area contributed by atoms with Crippen LogP contribution in [0.4, 0.5) is 4.79 Å². The lowest BCUT2D eigenvalue weighted by Crippen LogP contribution is -2.51. The summed E-state index contributed by atoms with van der Waals surface area (Å²) in [5, 5.41) is 5.64. The van der Waals surface area contributed by atoms with E-state index in [9.17, 15) is 28.6 Å². The third kappa shape index (κ3) is 27.9. The van der Waals surface area contributed by atoms with E-state index in [1.807, 2.05) is 0 Å². The Hall–Kier alpha value is -1.77. The van der Waals surface area contributed by atoms with Gasteiger partial charge in [0, 0.05) is 50.3 Å². The minimum atomic E-state index is -4.60. The van der Waals surface area contributed by atoms with Crippen molar-refractivity contribution in [2.24, 2.45) is 46.3 Å². The molecular formula is C66H119N2O11PS2. The maximum absolute atomic E-state index is 12.9. The van der Waals surface area contributed by atoms with Crippen LogP contribution >= 0.6 is 29.4 Å². The van der Waals surface area contributed by atoms with E-state index in [4.69, 9.17) is 23.3 Å². The number of amides is 2. The Morgan fingerprint density at radius 2 is 1.26 bits per heavy atom. The summed E-state index contributed by atoms with van der Waals surface area (Å²) >= 11 is 0. The van der Waals surface area contributed by atoms with E-state index < -0.39 is 32.5 Å². The number of carbonyl (C=O) groups excluding carboxylic acids is 4. The summed E-state index contributed by atoms with van der Waals surface area (Å²) in [6.45, 7) is 16.3. The quantitative estimate of drug-likeness (QED) is 0.0131. The van der Waals surface area contributed by atoms with Crippen molar-refractivity contribution in [3.8, 4) is 0 Å². The van der Waals surface area contributed by atoms with Crippen LogP contribution in [-0.2, 0) is 42.2 Å². The van der Waals surface area contributed by atoms with Crippen LogP contribution in [0.25, 0.3) is 0 Å². The fourth-order valence-corrected chi connectivity index (χ4v) is 17.2. The molecule has 3 N–H and O–H groups in total. The molecule has 13 nitrogen and oxygen atoms in total. The van der Waals surface area contributed by atoms with Crippen LogP contribution in [0, 0.1) is 46.3 Å². The van der Waals surface area contributed by atoms with Crippen molar-refractivity contribution in [1.29, 1.82) is 0 Å². The van der Waals surface area contributed by atoms with Crippen molar-refractivity contribution >= 4 is 53.3 Å². The van der Waals surface area contributed by atoms with Crippen LogP contribution in [0.15, 0.2) is 11.6 Å². The Balaban J connectivity index is 1.06. The molecule has 3 saturated carbocycles. The molecule has 4 rings (SSSR count). The molecule has 4 aliphatic carbocycles. The molecule has 0 aromatic heterocycles. The van der Waals surface area contributed by atoms with Crippen LogP contribution in [0.3, 0.4) is 0 Å². The van der Waals surface area contributed by atoms with Crippen molar-refractivity contribution in [2.75, 3.05) is 44.4 Å². The van der Waals surface area contributed by atoms with Gasteiger partial charge in [0.25, 0.3) is 0 Å². The molecule has 4 aliphatic rings. The zero-order chi connectivity index (χ0) is 59.5. The van der Waals surface area contributed by atoms with Gasteiger partial charge in [-0.25, -0.2) is 9.36 Å². The number of alkyl carbamates (subject to hydrolysis) is 1. The predicted octanol–water partition coefficient (Wildman–Crippen LogP) is 18.0. The number of phosphoric ester groups is 1. The summed E-state index contributed by atoms with van der Waals surface area (Å²) in [5.41, 5.74) is 2.21. The second-order valence-corrected chi connectivity index (χ2v) is 30.3. The Morgan fingerprint density at radius 1 is 0.659 bits per heavy atom. The molecule has 0 radical (unpaired) electrons. The van der Waals surface area contributed by atoms with E-state index in [0.717, 1.165) is 93.3 Å². The number of hydrogen-bond acceptors (Lipinski definition) is 12. The van der Waals surface area contributed by atoms with Gasteiger partial charge in [-0.05, 0) is 104 Å². The number of phosphoric acid groups is 1. The fraction of sp³-hybridized carbons (Fsp3) is 0.909. The Bertz CT molecular complexity index is 1880. The van der Waals surface area contributed by atoms with Crippen molar-refractivity contribution in [1.82, 2.24) is 10.6 Å². The predicted molar refractivity (Wildman–Crippen MR) is 339 cm³/mol. The van der Waals surface area contributed by atoms with Gasteiger partial charge < -0.3 is 29.7 Å².